The van der Waals surface area contributed by atoms with E-state index in [2.05, 4.69) is 70.9 Å². The molecule has 160 valence electrons. The van der Waals surface area contributed by atoms with Crippen LogP contribution in [-0.4, -0.2) is 38.1 Å². The van der Waals surface area contributed by atoms with Gasteiger partial charge >= 0.3 is 0 Å². The Morgan fingerprint density at radius 2 is 1.65 bits per heavy atom. The standard InChI is InChI=1S/C27H30N2O2/c1-28-26(30)22-11-13-23(14-12-22)27(24-9-6-10-25(19-24)31-2)15-17-29(18-16-27)20-21-7-4-3-5-8-21/h3-14,19H,15-18,20H2,1-2H3,(H,28,30). The van der Waals surface area contributed by atoms with E-state index in [0.717, 1.165) is 38.2 Å². The Kier molecular flexibility index (Phi) is 6.38. The molecular weight excluding hydrogens is 384 g/mol. The van der Waals surface area contributed by atoms with Crippen molar-refractivity contribution < 1.29 is 9.53 Å². The molecule has 1 saturated heterocycles. The molecular formula is C27H30N2O2. The normalized spacial score (nSPS) is 15.9. The summed E-state index contributed by atoms with van der Waals surface area (Å²) in [5.41, 5.74) is 4.48. The molecule has 0 spiro atoms. The van der Waals surface area contributed by atoms with E-state index in [9.17, 15) is 4.79 Å². The molecule has 0 unspecified atom stereocenters. The average Bonchev–Trinajstić information content (AvgIpc) is 2.85. The van der Waals surface area contributed by atoms with Crippen molar-refractivity contribution in [2.75, 3.05) is 27.2 Å². The first-order valence-corrected chi connectivity index (χ1v) is 10.9. The van der Waals surface area contributed by atoms with E-state index in [1.54, 1.807) is 14.2 Å². The summed E-state index contributed by atoms with van der Waals surface area (Å²) in [6, 6.07) is 27.2. The first-order valence-electron chi connectivity index (χ1n) is 10.9. The third-order valence-corrected chi connectivity index (χ3v) is 6.51. The fraction of sp³-hybridized carbons (Fsp3) is 0.296. The molecule has 4 nitrogen and oxygen atoms in total. The highest BCUT2D eigenvalue weighted by atomic mass is 16.5. The van der Waals surface area contributed by atoms with Crippen LogP contribution in [0.25, 0.3) is 0 Å². The largest absolute Gasteiger partial charge is 0.497 e. The van der Waals surface area contributed by atoms with Gasteiger partial charge in [-0.05, 0) is 66.9 Å². The highest BCUT2D eigenvalue weighted by Crippen LogP contribution is 2.43. The minimum Gasteiger partial charge on any atom is -0.497 e. The molecule has 1 aliphatic rings. The van der Waals surface area contributed by atoms with Crippen LogP contribution < -0.4 is 10.1 Å². The third-order valence-electron chi connectivity index (χ3n) is 6.51. The maximum Gasteiger partial charge on any atom is 0.251 e. The van der Waals surface area contributed by atoms with Gasteiger partial charge in [0, 0.05) is 24.6 Å². The predicted octanol–water partition coefficient (Wildman–Crippen LogP) is 4.64. The summed E-state index contributed by atoms with van der Waals surface area (Å²) >= 11 is 0. The number of piperidine rings is 1. The molecule has 0 atom stereocenters. The number of hydrogen-bond acceptors (Lipinski definition) is 3. The van der Waals surface area contributed by atoms with Crippen LogP contribution in [0.4, 0.5) is 0 Å². The van der Waals surface area contributed by atoms with E-state index in [1.165, 1.54) is 16.7 Å². The third kappa shape index (κ3) is 4.49. The Labute approximate surface area is 184 Å². The summed E-state index contributed by atoms with van der Waals surface area (Å²) < 4.78 is 5.53. The fourth-order valence-corrected chi connectivity index (χ4v) is 4.68. The highest BCUT2D eigenvalue weighted by molar-refractivity contribution is 5.94. The summed E-state index contributed by atoms with van der Waals surface area (Å²) in [5, 5.41) is 2.70. The number of carbonyl (C=O) groups is 1. The molecule has 3 aromatic carbocycles. The smallest absolute Gasteiger partial charge is 0.251 e. The van der Waals surface area contributed by atoms with Gasteiger partial charge in [-0.15, -0.1) is 0 Å². The van der Waals surface area contributed by atoms with Gasteiger partial charge in [0.25, 0.3) is 5.91 Å². The SMILES string of the molecule is CNC(=O)c1ccc(C2(c3cccc(OC)c3)CCN(Cc3ccccc3)CC2)cc1. The first kappa shape index (κ1) is 21.1. The number of nitrogens with zero attached hydrogens (tertiary/aromatic N) is 1. The van der Waals surface area contributed by atoms with Gasteiger partial charge in [0.2, 0.25) is 0 Å². The number of rotatable bonds is 6. The number of likely N-dealkylation sites (tertiary alicyclic amines) is 1. The first-order chi connectivity index (χ1) is 15.1. The second-order valence-corrected chi connectivity index (χ2v) is 8.23. The highest BCUT2D eigenvalue weighted by Gasteiger charge is 2.38. The van der Waals surface area contributed by atoms with Crippen molar-refractivity contribution >= 4 is 5.91 Å². The quantitative estimate of drug-likeness (QED) is 0.639. The van der Waals surface area contributed by atoms with Gasteiger partial charge in [0.15, 0.2) is 0 Å². The topological polar surface area (TPSA) is 41.6 Å². The number of methoxy groups -OCH3 is 1. The molecule has 1 heterocycles. The zero-order chi connectivity index (χ0) is 21.7. The second kappa shape index (κ2) is 9.36. The van der Waals surface area contributed by atoms with Crippen LogP contribution in [0.2, 0.25) is 0 Å². The van der Waals surface area contributed by atoms with Crippen LogP contribution >= 0.6 is 0 Å². The number of carbonyl (C=O) groups excluding carboxylic acids is 1. The lowest BCUT2D eigenvalue weighted by Gasteiger charge is -2.43. The average molecular weight is 415 g/mol. The number of nitrogens with one attached hydrogen (secondary N) is 1. The van der Waals surface area contributed by atoms with Gasteiger partial charge in [-0.25, -0.2) is 0 Å². The molecule has 1 fully saturated rings. The molecule has 4 rings (SSSR count). The zero-order valence-electron chi connectivity index (χ0n) is 18.3. The van der Waals surface area contributed by atoms with Crippen LogP contribution in [0, 0.1) is 0 Å². The lowest BCUT2D eigenvalue weighted by atomic mass is 9.68. The Balaban J connectivity index is 1.63. The summed E-state index contributed by atoms with van der Waals surface area (Å²) in [5.74, 6) is 0.824. The molecule has 3 aromatic rings. The number of hydrogen-bond donors (Lipinski definition) is 1. The molecule has 0 bridgehead atoms. The summed E-state index contributed by atoms with van der Waals surface area (Å²) in [4.78, 5) is 14.6. The Hall–Kier alpha value is -3.11. The predicted molar refractivity (Wildman–Crippen MR) is 125 cm³/mol. The van der Waals surface area contributed by atoms with Crippen molar-refractivity contribution in [3.05, 3.63) is 101 Å². The molecule has 0 aromatic heterocycles. The fourth-order valence-electron chi connectivity index (χ4n) is 4.68. The van der Waals surface area contributed by atoms with Crippen molar-refractivity contribution in [3.8, 4) is 5.75 Å². The zero-order valence-corrected chi connectivity index (χ0v) is 18.3. The molecule has 0 radical (unpaired) electrons. The maximum atomic E-state index is 12.0. The lowest BCUT2D eigenvalue weighted by Crippen LogP contribution is -2.43. The number of benzene rings is 3. The van der Waals surface area contributed by atoms with Crippen molar-refractivity contribution in [1.82, 2.24) is 10.2 Å². The Morgan fingerprint density at radius 3 is 2.29 bits per heavy atom. The van der Waals surface area contributed by atoms with Crippen LogP contribution in [0.1, 0.15) is 39.9 Å². The van der Waals surface area contributed by atoms with E-state index >= 15 is 0 Å². The molecule has 0 aliphatic carbocycles. The Bertz CT molecular complexity index is 1010. The van der Waals surface area contributed by atoms with E-state index in [4.69, 9.17) is 4.74 Å². The van der Waals surface area contributed by atoms with Crippen LogP contribution in [-0.2, 0) is 12.0 Å². The van der Waals surface area contributed by atoms with Gasteiger partial charge in [-0.3, -0.25) is 9.69 Å². The molecule has 1 amide bonds. The van der Waals surface area contributed by atoms with Crippen LogP contribution in [0.3, 0.4) is 0 Å². The van der Waals surface area contributed by atoms with Crippen LogP contribution in [0.15, 0.2) is 78.9 Å². The van der Waals surface area contributed by atoms with Crippen molar-refractivity contribution in [2.24, 2.45) is 0 Å². The Morgan fingerprint density at radius 1 is 0.935 bits per heavy atom. The minimum atomic E-state index is -0.0943. The van der Waals surface area contributed by atoms with E-state index in [-0.39, 0.29) is 11.3 Å². The molecule has 0 saturated carbocycles. The monoisotopic (exact) mass is 414 g/mol. The molecule has 4 heteroatoms. The molecule has 1 aliphatic heterocycles. The second-order valence-electron chi connectivity index (χ2n) is 8.23. The number of ether oxygens (including phenoxy) is 1. The van der Waals surface area contributed by atoms with Gasteiger partial charge in [-0.1, -0.05) is 54.6 Å². The van der Waals surface area contributed by atoms with Gasteiger partial charge < -0.3 is 10.1 Å². The van der Waals surface area contributed by atoms with Gasteiger partial charge in [0.1, 0.15) is 5.75 Å². The van der Waals surface area contributed by atoms with E-state index in [0.29, 0.717) is 5.56 Å². The molecule has 31 heavy (non-hydrogen) atoms. The maximum absolute atomic E-state index is 12.0. The van der Waals surface area contributed by atoms with Crippen molar-refractivity contribution in [1.29, 1.82) is 0 Å². The lowest BCUT2D eigenvalue weighted by molar-refractivity contribution is 0.0963. The summed E-state index contributed by atoms with van der Waals surface area (Å²) in [7, 11) is 3.38. The van der Waals surface area contributed by atoms with E-state index < -0.39 is 0 Å². The number of amides is 1. The summed E-state index contributed by atoms with van der Waals surface area (Å²) in [6.45, 7) is 3.01. The van der Waals surface area contributed by atoms with Crippen molar-refractivity contribution in [3.63, 3.8) is 0 Å². The van der Waals surface area contributed by atoms with Crippen LogP contribution in [0.5, 0.6) is 5.75 Å². The van der Waals surface area contributed by atoms with E-state index in [1.807, 2.05) is 18.2 Å². The van der Waals surface area contributed by atoms with Gasteiger partial charge in [-0.2, -0.15) is 0 Å². The minimum absolute atomic E-state index is 0.0559. The molecule has 1 N–H and O–H groups in total. The van der Waals surface area contributed by atoms with Gasteiger partial charge in [0.05, 0.1) is 7.11 Å². The summed E-state index contributed by atoms with van der Waals surface area (Å²) in [6.07, 6.45) is 2.04. The van der Waals surface area contributed by atoms with Crippen molar-refractivity contribution in [2.45, 2.75) is 24.8 Å².